The lowest BCUT2D eigenvalue weighted by Gasteiger charge is -2.62. The maximum atomic E-state index is 12.1. The average molecular weight is 443 g/mol. The highest BCUT2D eigenvalue weighted by Gasteiger charge is 2.66. The zero-order chi connectivity index (χ0) is 23.5. The van der Waals surface area contributed by atoms with Crippen LogP contribution >= 0.6 is 0 Å². The van der Waals surface area contributed by atoms with Gasteiger partial charge in [0.25, 0.3) is 0 Å². The lowest BCUT2D eigenvalue weighted by molar-refractivity contribution is -0.138. The molecule has 0 aromatic rings. The van der Waals surface area contributed by atoms with Crippen LogP contribution in [0.5, 0.6) is 0 Å². The lowest BCUT2D eigenvalue weighted by Crippen LogP contribution is -2.56. The van der Waals surface area contributed by atoms with E-state index in [1.165, 1.54) is 5.57 Å². The second-order valence-corrected chi connectivity index (χ2v) is 12.1. The maximum Gasteiger partial charge on any atom is 0.217 e. The fraction of sp³-hybridized carbons (Fsp3) is 0.815. The Hall–Kier alpha value is -1.65. The molecule has 0 bridgehead atoms. The van der Waals surface area contributed by atoms with Gasteiger partial charge in [0.05, 0.1) is 0 Å². The van der Waals surface area contributed by atoms with Gasteiger partial charge in [0, 0.05) is 19.3 Å². The molecule has 0 saturated heterocycles. The number of rotatable bonds is 6. The van der Waals surface area contributed by atoms with E-state index in [9.17, 15) is 14.4 Å². The first-order valence-electron chi connectivity index (χ1n) is 12.8. The van der Waals surface area contributed by atoms with Crippen molar-refractivity contribution in [1.82, 2.24) is 0 Å². The second-order valence-electron chi connectivity index (χ2n) is 12.1. The van der Waals surface area contributed by atoms with Crippen LogP contribution in [0.15, 0.2) is 11.6 Å². The third-order valence-corrected chi connectivity index (χ3v) is 11.1. The van der Waals surface area contributed by atoms with E-state index in [1.807, 2.05) is 6.08 Å². The van der Waals surface area contributed by atoms with Crippen molar-refractivity contribution in [3.05, 3.63) is 11.6 Å². The standard InChI is InChI=1S/C27H42N2O3/c1-16(13-23(28)31)27(17(2)14-24(29)32)12-9-22-20-6-5-18-15-19(30)7-10-25(18,3)21(20)8-11-26(22,27)4/h15-17,20-22H,5-14H2,1-4H3,(H2,28,31)(H2,29,32)/t16?,17?,20-,21-,22+,25+,26+,27?/m1/s1. The molecule has 3 saturated carbocycles. The van der Waals surface area contributed by atoms with Gasteiger partial charge in [0.15, 0.2) is 5.78 Å². The Kier molecular flexibility index (Phi) is 5.87. The Bertz CT molecular complexity index is 826. The van der Waals surface area contributed by atoms with E-state index in [0.29, 0.717) is 42.8 Å². The minimum absolute atomic E-state index is 0.0694. The molecule has 4 aliphatic rings. The number of carbonyl (C=O) groups excluding carboxylic acids is 3. The number of amides is 2. The first kappa shape index (κ1) is 23.5. The Morgan fingerprint density at radius 2 is 1.53 bits per heavy atom. The molecule has 178 valence electrons. The summed E-state index contributed by atoms with van der Waals surface area (Å²) in [5.74, 6) is 1.91. The Morgan fingerprint density at radius 1 is 0.938 bits per heavy atom. The van der Waals surface area contributed by atoms with Crippen molar-refractivity contribution in [1.29, 1.82) is 0 Å². The van der Waals surface area contributed by atoms with Gasteiger partial charge in [0.1, 0.15) is 0 Å². The van der Waals surface area contributed by atoms with Gasteiger partial charge in [-0.2, -0.15) is 0 Å². The van der Waals surface area contributed by atoms with Gasteiger partial charge in [0.2, 0.25) is 11.8 Å². The smallest absolute Gasteiger partial charge is 0.217 e. The summed E-state index contributed by atoms with van der Waals surface area (Å²) in [7, 11) is 0. The summed E-state index contributed by atoms with van der Waals surface area (Å²) in [6.07, 6.45) is 11.0. The van der Waals surface area contributed by atoms with Crippen molar-refractivity contribution in [2.75, 3.05) is 0 Å². The molecule has 0 aliphatic heterocycles. The summed E-state index contributed by atoms with van der Waals surface area (Å²) in [5, 5.41) is 0. The van der Waals surface area contributed by atoms with Crippen molar-refractivity contribution in [2.24, 2.45) is 57.3 Å². The molecule has 0 aromatic heterocycles. The van der Waals surface area contributed by atoms with Gasteiger partial charge in [-0.15, -0.1) is 0 Å². The molecule has 3 fully saturated rings. The number of carbonyl (C=O) groups is 3. The molecule has 2 unspecified atom stereocenters. The Morgan fingerprint density at radius 3 is 2.12 bits per heavy atom. The molecule has 5 heteroatoms. The monoisotopic (exact) mass is 442 g/mol. The number of allylic oxidation sites excluding steroid dienone is 1. The van der Waals surface area contributed by atoms with Crippen LogP contribution in [0.3, 0.4) is 0 Å². The summed E-state index contributed by atoms with van der Waals surface area (Å²) >= 11 is 0. The van der Waals surface area contributed by atoms with Gasteiger partial charge in [-0.3, -0.25) is 14.4 Å². The molecular weight excluding hydrogens is 400 g/mol. The van der Waals surface area contributed by atoms with Crippen LogP contribution < -0.4 is 11.5 Å². The zero-order valence-electron chi connectivity index (χ0n) is 20.4. The van der Waals surface area contributed by atoms with E-state index in [4.69, 9.17) is 11.5 Å². The van der Waals surface area contributed by atoms with Crippen LogP contribution in [0.25, 0.3) is 0 Å². The molecule has 5 nitrogen and oxygen atoms in total. The highest BCUT2D eigenvalue weighted by Crippen LogP contribution is 2.73. The topological polar surface area (TPSA) is 103 Å². The fourth-order valence-electron chi connectivity index (χ4n) is 9.74. The molecular formula is C27H42N2O3. The summed E-state index contributed by atoms with van der Waals surface area (Å²) in [6, 6.07) is 0. The van der Waals surface area contributed by atoms with Crippen LogP contribution in [0.1, 0.15) is 91.9 Å². The van der Waals surface area contributed by atoms with Gasteiger partial charge >= 0.3 is 0 Å². The highest BCUT2D eigenvalue weighted by molar-refractivity contribution is 5.91. The number of ketones is 1. The van der Waals surface area contributed by atoms with Gasteiger partial charge in [-0.05, 0) is 96.9 Å². The van der Waals surface area contributed by atoms with Crippen LogP contribution in [0, 0.1) is 45.8 Å². The number of fused-ring (bicyclic) bond motifs is 5. The van der Waals surface area contributed by atoms with Crippen LogP contribution in [0.4, 0.5) is 0 Å². The van der Waals surface area contributed by atoms with E-state index < -0.39 is 0 Å². The molecule has 4 N–H and O–H groups in total. The highest BCUT2D eigenvalue weighted by atomic mass is 16.1. The zero-order valence-corrected chi connectivity index (χ0v) is 20.4. The van der Waals surface area contributed by atoms with Gasteiger partial charge in [-0.1, -0.05) is 33.3 Å². The van der Waals surface area contributed by atoms with Crippen LogP contribution in [-0.4, -0.2) is 17.6 Å². The number of primary amides is 2. The number of hydrogen-bond acceptors (Lipinski definition) is 3. The minimum Gasteiger partial charge on any atom is -0.370 e. The molecule has 0 spiro atoms. The summed E-state index contributed by atoms with van der Waals surface area (Å²) < 4.78 is 0. The average Bonchev–Trinajstić information content (AvgIpc) is 3.01. The molecule has 4 rings (SSSR count). The fourth-order valence-corrected chi connectivity index (χ4v) is 9.74. The van der Waals surface area contributed by atoms with Crippen LogP contribution in [-0.2, 0) is 14.4 Å². The van der Waals surface area contributed by atoms with E-state index in [2.05, 4.69) is 27.7 Å². The largest absolute Gasteiger partial charge is 0.370 e. The van der Waals surface area contributed by atoms with Crippen molar-refractivity contribution in [3.8, 4) is 0 Å². The Labute approximate surface area is 193 Å². The van der Waals surface area contributed by atoms with Crippen molar-refractivity contribution >= 4 is 17.6 Å². The van der Waals surface area contributed by atoms with Crippen molar-refractivity contribution in [3.63, 3.8) is 0 Å². The summed E-state index contributed by atoms with van der Waals surface area (Å²) in [4.78, 5) is 36.1. The summed E-state index contributed by atoms with van der Waals surface area (Å²) in [6.45, 7) is 9.22. The molecule has 0 aromatic carbocycles. The minimum atomic E-state index is -0.254. The SMILES string of the molecule is CC(CC(N)=O)C1(C(C)CC(N)=O)CC[C@H]2[C@@H]3CCC4=CC(=O)CC[C@]4(C)[C@@H]3CC[C@@]21C. The van der Waals surface area contributed by atoms with Crippen molar-refractivity contribution < 1.29 is 14.4 Å². The van der Waals surface area contributed by atoms with Crippen LogP contribution in [0.2, 0.25) is 0 Å². The van der Waals surface area contributed by atoms with E-state index in [0.717, 1.165) is 44.9 Å². The third kappa shape index (κ3) is 3.28. The first-order valence-corrected chi connectivity index (χ1v) is 12.8. The van der Waals surface area contributed by atoms with Gasteiger partial charge < -0.3 is 11.5 Å². The molecule has 2 amide bonds. The molecule has 32 heavy (non-hydrogen) atoms. The predicted octanol–water partition coefficient (Wildman–Crippen LogP) is 4.53. The number of hydrogen-bond donors (Lipinski definition) is 2. The first-order chi connectivity index (χ1) is 15.0. The van der Waals surface area contributed by atoms with Gasteiger partial charge in [-0.25, -0.2) is 0 Å². The van der Waals surface area contributed by atoms with E-state index in [1.54, 1.807) is 0 Å². The predicted molar refractivity (Wildman–Crippen MR) is 125 cm³/mol. The molecule has 0 heterocycles. The quantitative estimate of drug-likeness (QED) is 0.631. The maximum absolute atomic E-state index is 12.1. The normalized spacial score (nSPS) is 42.8. The second kappa shape index (κ2) is 7.99. The summed E-state index contributed by atoms with van der Waals surface area (Å²) in [5.41, 5.74) is 12.9. The lowest BCUT2D eigenvalue weighted by atomic mass is 9.42. The Balaban J connectivity index is 1.71. The van der Waals surface area contributed by atoms with Crippen molar-refractivity contribution in [2.45, 2.75) is 91.9 Å². The molecule has 4 aliphatic carbocycles. The van der Waals surface area contributed by atoms with E-state index >= 15 is 0 Å². The van der Waals surface area contributed by atoms with E-state index in [-0.39, 0.29) is 39.9 Å². The molecule has 0 radical (unpaired) electrons. The molecule has 7 atom stereocenters. The third-order valence-electron chi connectivity index (χ3n) is 11.1. The number of nitrogens with two attached hydrogens (primary N) is 2.